The zero-order chi connectivity index (χ0) is 16.1. The molecule has 0 fully saturated rings. The number of carbonyl (C=O) groups excluding carboxylic acids is 2. The van der Waals surface area contributed by atoms with Crippen LogP contribution in [0.5, 0.6) is 0 Å². The van der Waals surface area contributed by atoms with Crippen molar-refractivity contribution in [3.8, 4) is 0 Å². The molecular formula is C15H13Cl2N3O2. The van der Waals surface area contributed by atoms with Crippen molar-refractivity contribution in [2.75, 3.05) is 11.9 Å². The lowest BCUT2D eigenvalue weighted by Gasteiger charge is -2.09. The number of nitrogens with one attached hydrogen (secondary N) is 2. The van der Waals surface area contributed by atoms with E-state index in [1.165, 1.54) is 24.5 Å². The van der Waals surface area contributed by atoms with Crippen molar-refractivity contribution in [2.45, 2.75) is 6.92 Å². The van der Waals surface area contributed by atoms with Gasteiger partial charge in [0.05, 0.1) is 21.2 Å². The van der Waals surface area contributed by atoms with Crippen molar-refractivity contribution in [3.05, 3.63) is 57.8 Å². The molecule has 22 heavy (non-hydrogen) atoms. The Balaban J connectivity index is 2.23. The van der Waals surface area contributed by atoms with Gasteiger partial charge in [0.25, 0.3) is 11.8 Å². The Morgan fingerprint density at radius 2 is 1.86 bits per heavy atom. The maximum absolute atomic E-state index is 12.2. The molecule has 0 radical (unpaired) electrons. The fourth-order valence-corrected chi connectivity index (χ4v) is 2.20. The van der Waals surface area contributed by atoms with Gasteiger partial charge in [0.15, 0.2) is 0 Å². The first-order valence-electron chi connectivity index (χ1n) is 6.51. The molecule has 0 aliphatic heterocycles. The number of pyridine rings is 1. The van der Waals surface area contributed by atoms with Gasteiger partial charge in [-0.15, -0.1) is 0 Å². The molecule has 0 aliphatic carbocycles. The van der Waals surface area contributed by atoms with E-state index in [2.05, 4.69) is 15.6 Å². The topological polar surface area (TPSA) is 71.1 Å². The van der Waals surface area contributed by atoms with Crippen LogP contribution in [-0.2, 0) is 0 Å². The summed E-state index contributed by atoms with van der Waals surface area (Å²) in [7, 11) is 0. The summed E-state index contributed by atoms with van der Waals surface area (Å²) in [6, 6.07) is 6.19. The molecule has 2 aromatic rings. The Hall–Kier alpha value is -2.11. The fourth-order valence-electron chi connectivity index (χ4n) is 1.79. The van der Waals surface area contributed by atoms with E-state index in [-0.39, 0.29) is 10.9 Å². The first kappa shape index (κ1) is 16.3. The van der Waals surface area contributed by atoms with Crippen molar-refractivity contribution in [1.82, 2.24) is 10.3 Å². The van der Waals surface area contributed by atoms with Crippen LogP contribution in [0, 0.1) is 0 Å². The number of amides is 2. The SMILES string of the molecule is CCNC(=O)c1cc(NC(=O)c2ccncc2Cl)ccc1Cl. The predicted octanol–water partition coefficient (Wildman–Crippen LogP) is 3.39. The number of benzene rings is 1. The second-order valence-electron chi connectivity index (χ2n) is 4.36. The molecule has 1 aromatic heterocycles. The van der Waals surface area contributed by atoms with Gasteiger partial charge < -0.3 is 10.6 Å². The van der Waals surface area contributed by atoms with Crippen LogP contribution in [0.3, 0.4) is 0 Å². The lowest BCUT2D eigenvalue weighted by atomic mass is 10.1. The Morgan fingerprint density at radius 1 is 1.09 bits per heavy atom. The van der Waals surface area contributed by atoms with Crippen LogP contribution in [-0.4, -0.2) is 23.3 Å². The van der Waals surface area contributed by atoms with Gasteiger partial charge in [0.1, 0.15) is 0 Å². The molecule has 0 spiro atoms. The zero-order valence-electron chi connectivity index (χ0n) is 11.7. The molecule has 0 unspecified atom stereocenters. The number of halogens is 2. The Bertz CT molecular complexity index is 720. The average Bonchev–Trinajstić information content (AvgIpc) is 2.49. The third kappa shape index (κ3) is 3.75. The van der Waals surface area contributed by atoms with Gasteiger partial charge in [-0.25, -0.2) is 0 Å². The summed E-state index contributed by atoms with van der Waals surface area (Å²) in [5, 5.41) is 5.89. The molecule has 114 valence electrons. The minimum atomic E-state index is -0.392. The smallest absolute Gasteiger partial charge is 0.257 e. The van der Waals surface area contributed by atoms with Crippen molar-refractivity contribution in [3.63, 3.8) is 0 Å². The van der Waals surface area contributed by atoms with E-state index in [0.717, 1.165) is 0 Å². The molecule has 5 nitrogen and oxygen atoms in total. The van der Waals surface area contributed by atoms with Gasteiger partial charge in [-0.05, 0) is 31.2 Å². The standard InChI is InChI=1S/C15H13Cl2N3O2/c1-2-19-14(21)11-7-9(3-4-12(11)16)20-15(22)10-5-6-18-8-13(10)17/h3-8H,2H2,1H3,(H,19,21)(H,20,22). The van der Waals surface area contributed by atoms with Gasteiger partial charge in [-0.3, -0.25) is 14.6 Å². The third-order valence-corrected chi connectivity index (χ3v) is 3.45. The van der Waals surface area contributed by atoms with E-state index in [9.17, 15) is 9.59 Å². The molecule has 1 aromatic carbocycles. The molecule has 2 rings (SSSR count). The number of rotatable bonds is 4. The maximum Gasteiger partial charge on any atom is 0.257 e. The average molecular weight is 338 g/mol. The van der Waals surface area contributed by atoms with E-state index in [4.69, 9.17) is 23.2 Å². The fraction of sp³-hybridized carbons (Fsp3) is 0.133. The lowest BCUT2D eigenvalue weighted by Crippen LogP contribution is -2.23. The van der Waals surface area contributed by atoms with Gasteiger partial charge >= 0.3 is 0 Å². The summed E-state index contributed by atoms with van der Waals surface area (Å²) in [4.78, 5) is 27.9. The quantitative estimate of drug-likeness (QED) is 0.898. The van der Waals surface area contributed by atoms with Crippen molar-refractivity contribution >= 4 is 40.7 Å². The van der Waals surface area contributed by atoms with Crippen LogP contribution in [0.4, 0.5) is 5.69 Å². The lowest BCUT2D eigenvalue weighted by molar-refractivity contribution is 0.0954. The summed E-state index contributed by atoms with van der Waals surface area (Å²) < 4.78 is 0. The molecule has 0 bridgehead atoms. The van der Waals surface area contributed by atoms with Crippen molar-refractivity contribution in [1.29, 1.82) is 0 Å². The number of aromatic nitrogens is 1. The highest BCUT2D eigenvalue weighted by Crippen LogP contribution is 2.22. The van der Waals surface area contributed by atoms with Crippen LogP contribution in [0.2, 0.25) is 10.0 Å². The normalized spacial score (nSPS) is 10.1. The van der Waals surface area contributed by atoms with Crippen LogP contribution in [0.25, 0.3) is 0 Å². The maximum atomic E-state index is 12.2. The Kier molecular flexibility index (Phi) is 5.35. The minimum Gasteiger partial charge on any atom is -0.352 e. The number of nitrogens with zero attached hydrogens (tertiary/aromatic N) is 1. The van der Waals surface area contributed by atoms with Crippen LogP contribution in [0.1, 0.15) is 27.6 Å². The Morgan fingerprint density at radius 3 is 2.55 bits per heavy atom. The number of anilines is 1. The van der Waals surface area contributed by atoms with Gasteiger partial charge in [0, 0.05) is 24.6 Å². The molecule has 1 heterocycles. The van der Waals surface area contributed by atoms with Crippen LogP contribution < -0.4 is 10.6 Å². The molecule has 0 saturated heterocycles. The molecule has 0 aliphatic rings. The predicted molar refractivity (Wildman–Crippen MR) is 86.7 cm³/mol. The third-order valence-electron chi connectivity index (χ3n) is 2.82. The van der Waals surface area contributed by atoms with Crippen molar-refractivity contribution in [2.24, 2.45) is 0 Å². The number of hydrogen-bond acceptors (Lipinski definition) is 3. The van der Waals surface area contributed by atoms with Crippen LogP contribution in [0.15, 0.2) is 36.7 Å². The molecule has 7 heteroatoms. The first-order valence-corrected chi connectivity index (χ1v) is 7.27. The monoisotopic (exact) mass is 337 g/mol. The highest BCUT2D eigenvalue weighted by atomic mass is 35.5. The zero-order valence-corrected chi connectivity index (χ0v) is 13.2. The van der Waals surface area contributed by atoms with Crippen LogP contribution >= 0.6 is 23.2 Å². The minimum absolute atomic E-state index is 0.248. The molecule has 0 atom stereocenters. The summed E-state index contributed by atoms with van der Waals surface area (Å²) in [6.07, 6.45) is 2.86. The van der Waals surface area contributed by atoms with E-state index in [1.807, 2.05) is 6.92 Å². The molecular weight excluding hydrogens is 325 g/mol. The number of hydrogen-bond donors (Lipinski definition) is 2. The summed E-state index contributed by atoms with van der Waals surface area (Å²) in [5.74, 6) is -0.692. The number of carbonyl (C=O) groups is 2. The van der Waals surface area contributed by atoms with Gasteiger partial charge in [-0.1, -0.05) is 23.2 Å². The molecule has 0 saturated carbocycles. The van der Waals surface area contributed by atoms with E-state index in [0.29, 0.717) is 28.4 Å². The van der Waals surface area contributed by atoms with E-state index >= 15 is 0 Å². The largest absolute Gasteiger partial charge is 0.352 e. The van der Waals surface area contributed by atoms with E-state index < -0.39 is 5.91 Å². The van der Waals surface area contributed by atoms with Gasteiger partial charge in [0.2, 0.25) is 0 Å². The van der Waals surface area contributed by atoms with E-state index in [1.54, 1.807) is 12.1 Å². The van der Waals surface area contributed by atoms with Gasteiger partial charge in [-0.2, -0.15) is 0 Å². The molecule has 2 amide bonds. The summed E-state index contributed by atoms with van der Waals surface area (Å²) in [5.41, 5.74) is 1.04. The summed E-state index contributed by atoms with van der Waals surface area (Å²) >= 11 is 11.9. The first-order chi connectivity index (χ1) is 10.5. The second-order valence-corrected chi connectivity index (χ2v) is 5.18. The summed E-state index contributed by atoms with van der Waals surface area (Å²) in [6.45, 7) is 2.29. The highest BCUT2D eigenvalue weighted by molar-refractivity contribution is 6.35. The Labute approximate surface area is 137 Å². The highest BCUT2D eigenvalue weighted by Gasteiger charge is 2.14. The second kappa shape index (κ2) is 7.24. The molecule has 2 N–H and O–H groups in total. The van der Waals surface area contributed by atoms with Crippen molar-refractivity contribution < 1.29 is 9.59 Å².